The summed E-state index contributed by atoms with van der Waals surface area (Å²) < 4.78 is 38.8. The fourth-order valence-corrected chi connectivity index (χ4v) is 2.34. The van der Waals surface area contributed by atoms with Gasteiger partial charge in [0.25, 0.3) is 0 Å². The lowest BCUT2D eigenvalue weighted by Crippen LogP contribution is -2.07. The lowest BCUT2D eigenvalue weighted by molar-refractivity contribution is 0.0520. The third kappa shape index (κ3) is 3.69. The molecule has 26 heavy (non-hydrogen) atoms. The standard InChI is InChI=1S/C18H15F2N3O3/c1-2-25-18(24)16-15(21-23-22-16)12-8-13(19)17(14(20)9-12)26-10-11-6-4-3-5-7-11/h3-9H,2,10H2,1H3,(H,21,22,23). The highest BCUT2D eigenvalue weighted by Crippen LogP contribution is 2.30. The molecule has 0 saturated carbocycles. The fraction of sp³-hybridized carbons (Fsp3) is 0.167. The number of benzene rings is 2. The highest BCUT2D eigenvalue weighted by Gasteiger charge is 2.22. The molecular formula is C18H15F2N3O3. The SMILES string of the molecule is CCOC(=O)c1n[nH]nc1-c1cc(F)c(OCc2ccccc2)c(F)c1. The summed E-state index contributed by atoms with van der Waals surface area (Å²) in [5, 5.41) is 9.73. The lowest BCUT2D eigenvalue weighted by atomic mass is 10.1. The van der Waals surface area contributed by atoms with Gasteiger partial charge >= 0.3 is 5.97 Å². The van der Waals surface area contributed by atoms with Gasteiger partial charge in [0, 0.05) is 5.56 Å². The van der Waals surface area contributed by atoms with E-state index in [0.29, 0.717) is 0 Å². The average molecular weight is 359 g/mol. The van der Waals surface area contributed by atoms with Crippen molar-refractivity contribution >= 4 is 5.97 Å². The summed E-state index contributed by atoms with van der Waals surface area (Å²) in [6, 6.07) is 11.1. The Kier molecular flexibility index (Phi) is 5.21. The second-order valence-corrected chi connectivity index (χ2v) is 5.28. The minimum absolute atomic E-state index is 0.00383. The summed E-state index contributed by atoms with van der Waals surface area (Å²) in [6.07, 6.45) is 0. The van der Waals surface area contributed by atoms with E-state index in [4.69, 9.17) is 9.47 Å². The Bertz CT molecular complexity index is 890. The lowest BCUT2D eigenvalue weighted by Gasteiger charge is -2.10. The molecule has 0 aliphatic carbocycles. The fourth-order valence-electron chi connectivity index (χ4n) is 2.34. The van der Waals surface area contributed by atoms with Crippen molar-refractivity contribution in [1.29, 1.82) is 0 Å². The Balaban J connectivity index is 1.86. The quantitative estimate of drug-likeness (QED) is 0.682. The van der Waals surface area contributed by atoms with Gasteiger partial charge in [0.05, 0.1) is 6.61 Å². The second kappa shape index (κ2) is 7.73. The van der Waals surface area contributed by atoms with Gasteiger partial charge in [0.1, 0.15) is 12.3 Å². The van der Waals surface area contributed by atoms with Gasteiger partial charge in [0.15, 0.2) is 23.1 Å². The molecule has 0 saturated heterocycles. The summed E-state index contributed by atoms with van der Waals surface area (Å²) in [5.41, 5.74) is 0.666. The molecule has 0 bridgehead atoms. The van der Waals surface area contributed by atoms with Crippen LogP contribution in [0.4, 0.5) is 8.78 Å². The Morgan fingerprint density at radius 1 is 1.12 bits per heavy atom. The maximum Gasteiger partial charge on any atom is 0.361 e. The van der Waals surface area contributed by atoms with E-state index >= 15 is 0 Å². The van der Waals surface area contributed by atoms with Crippen LogP contribution in [0.5, 0.6) is 5.75 Å². The van der Waals surface area contributed by atoms with E-state index in [0.717, 1.165) is 17.7 Å². The molecule has 0 radical (unpaired) electrons. The van der Waals surface area contributed by atoms with E-state index in [2.05, 4.69) is 15.4 Å². The molecule has 0 amide bonds. The number of halogens is 2. The first-order chi connectivity index (χ1) is 12.6. The van der Waals surface area contributed by atoms with E-state index in [1.807, 2.05) is 6.07 Å². The number of carbonyl (C=O) groups is 1. The summed E-state index contributed by atoms with van der Waals surface area (Å²) in [5.74, 6) is -3.05. The van der Waals surface area contributed by atoms with Crippen molar-refractivity contribution in [2.24, 2.45) is 0 Å². The van der Waals surface area contributed by atoms with Crippen LogP contribution in [0.2, 0.25) is 0 Å². The smallest absolute Gasteiger partial charge is 0.361 e. The van der Waals surface area contributed by atoms with Crippen LogP contribution in [-0.2, 0) is 11.3 Å². The Morgan fingerprint density at radius 3 is 2.46 bits per heavy atom. The molecule has 134 valence electrons. The number of carbonyl (C=O) groups excluding carboxylic acids is 1. The third-order valence-electron chi connectivity index (χ3n) is 3.51. The summed E-state index contributed by atoms with van der Waals surface area (Å²) >= 11 is 0. The van der Waals surface area contributed by atoms with Crippen LogP contribution in [0.25, 0.3) is 11.3 Å². The van der Waals surface area contributed by atoms with Crippen molar-refractivity contribution in [2.45, 2.75) is 13.5 Å². The van der Waals surface area contributed by atoms with Crippen molar-refractivity contribution in [1.82, 2.24) is 15.4 Å². The van der Waals surface area contributed by atoms with Crippen LogP contribution < -0.4 is 4.74 Å². The van der Waals surface area contributed by atoms with Gasteiger partial charge in [-0.25, -0.2) is 13.6 Å². The van der Waals surface area contributed by atoms with Crippen molar-refractivity contribution in [2.75, 3.05) is 6.61 Å². The van der Waals surface area contributed by atoms with Crippen LogP contribution in [0.15, 0.2) is 42.5 Å². The predicted molar refractivity (Wildman–Crippen MR) is 88.5 cm³/mol. The minimum atomic E-state index is -0.909. The average Bonchev–Trinajstić information content (AvgIpc) is 3.12. The van der Waals surface area contributed by atoms with E-state index in [1.54, 1.807) is 31.2 Å². The number of aromatic amines is 1. The van der Waals surface area contributed by atoms with E-state index < -0.39 is 23.4 Å². The van der Waals surface area contributed by atoms with Gasteiger partial charge in [-0.1, -0.05) is 30.3 Å². The molecule has 0 aliphatic heterocycles. The zero-order valence-electron chi connectivity index (χ0n) is 13.8. The van der Waals surface area contributed by atoms with Crippen molar-refractivity contribution < 1.29 is 23.0 Å². The molecule has 6 nitrogen and oxygen atoms in total. The first kappa shape index (κ1) is 17.5. The van der Waals surface area contributed by atoms with Crippen molar-refractivity contribution in [3.63, 3.8) is 0 Å². The molecule has 0 atom stereocenters. The Hall–Kier alpha value is -3.29. The van der Waals surface area contributed by atoms with E-state index in [-0.39, 0.29) is 30.2 Å². The summed E-state index contributed by atoms with van der Waals surface area (Å²) in [7, 11) is 0. The molecule has 3 rings (SSSR count). The number of H-pyrrole nitrogens is 1. The molecule has 3 aromatic rings. The maximum absolute atomic E-state index is 14.3. The molecule has 0 aliphatic rings. The number of nitrogens with one attached hydrogen (secondary N) is 1. The maximum atomic E-state index is 14.3. The van der Waals surface area contributed by atoms with Crippen LogP contribution in [-0.4, -0.2) is 28.0 Å². The molecule has 2 aromatic carbocycles. The van der Waals surface area contributed by atoms with Crippen molar-refractivity contribution in [3.8, 4) is 17.0 Å². The van der Waals surface area contributed by atoms with Crippen LogP contribution in [0.1, 0.15) is 23.0 Å². The minimum Gasteiger partial charge on any atom is -0.483 e. The second-order valence-electron chi connectivity index (χ2n) is 5.28. The van der Waals surface area contributed by atoms with Gasteiger partial charge < -0.3 is 9.47 Å². The number of rotatable bonds is 6. The van der Waals surface area contributed by atoms with Gasteiger partial charge in [-0.15, -0.1) is 5.10 Å². The first-order valence-electron chi connectivity index (χ1n) is 7.84. The number of hydrogen-bond donors (Lipinski definition) is 1. The van der Waals surface area contributed by atoms with Crippen LogP contribution in [0, 0.1) is 11.6 Å². The summed E-state index contributed by atoms with van der Waals surface area (Å²) in [4.78, 5) is 11.8. The zero-order chi connectivity index (χ0) is 18.5. The molecular weight excluding hydrogens is 344 g/mol. The number of ether oxygens (including phenoxy) is 2. The molecule has 0 spiro atoms. The normalized spacial score (nSPS) is 10.6. The number of nitrogens with zero attached hydrogens (tertiary/aromatic N) is 2. The third-order valence-corrected chi connectivity index (χ3v) is 3.51. The van der Waals surface area contributed by atoms with Gasteiger partial charge in [-0.3, -0.25) is 0 Å². The van der Waals surface area contributed by atoms with Crippen LogP contribution >= 0.6 is 0 Å². The van der Waals surface area contributed by atoms with E-state index in [9.17, 15) is 13.6 Å². The van der Waals surface area contributed by atoms with Gasteiger partial charge in [0.2, 0.25) is 0 Å². The molecule has 8 heteroatoms. The first-order valence-corrected chi connectivity index (χ1v) is 7.84. The Labute approximate surface area is 147 Å². The molecule has 1 aromatic heterocycles. The molecule has 1 N–H and O–H groups in total. The van der Waals surface area contributed by atoms with Crippen LogP contribution in [0.3, 0.4) is 0 Å². The largest absolute Gasteiger partial charge is 0.483 e. The monoisotopic (exact) mass is 359 g/mol. The predicted octanol–water partition coefficient (Wildman–Crippen LogP) is 3.51. The topological polar surface area (TPSA) is 77.1 Å². The molecule has 0 fully saturated rings. The van der Waals surface area contributed by atoms with Crippen molar-refractivity contribution in [3.05, 3.63) is 65.4 Å². The van der Waals surface area contributed by atoms with E-state index in [1.165, 1.54) is 0 Å². The van der Waals surface area contributed by atoms with Gasteiger partial charge in [-0.05, 0) is 24.6 Å². The molecule has 1 heterocycles. The summed E-state index contributed by atoms with van der Waals surface area (Å²) in [6.45, 7) is 1.79. The number of esters is 1. The number of aromatic nitrogens is 3. The number of hydrogen-bond acceptors (Lipinski definition) is 5. The molecule has 0 unspecified atom stereocenters. The highest BCUT2D eigenvalue weighted by molar-refractivity contribution is 5.93. The Morgan fingerprint density at radius 2 is 1.81 bits per heavy atom. The highest BCUT2D eigenvalue weighted by atomic mass is 19.1. The van der Waals surface area contributed by atoms with Gasteiger partial charge in [-0.2, -0.15) is 10.3 Å². The zero-order valence-corrected chi connectivity index (χ0v) is 13.8.